The average Bonchev–Trinajstić information content (AvgIpc) is 3.47. The predicted molar refractivity (Wildman–Crippen MR) is 148 cm³/mol. The third-order valence-corrected chi connectivity index (χ3v) is 8.82. The van der Waals surface area contributed by atoms with E-state index in [2.05, 4.69) is 11.1 Å². The number of ether oxygens (including phenoxy) is 1. The summed E-state index contributed by atoms with van der Waals surface area (Å²) in [6.07, 6.45) is 4.21. The number of nitrogens with two attached hydrogens (primary N) is 1. The third kappa shape index (κ3) is 5.22. The van der Waals surface area contributed by atoms with E-state index in [4.69, 9.17) is 15.5 Å². The lowest BCUT2D eigenvalue weighted by Gasteiger charge is -2.45. The Morgan fingerprint density at radius 3 is 2.67 bits per heavy atom. The first-order valence-corrected chi connectivity index (χ1v) is 13.7. The number of hydrogen-bond acceptors (Lipinski definition) is 8. The van der Waals surface area contributed by atoms with Crippen molar-refractivity contribution in [2.45, 2.75) is 31.9 Å². The molecule has 10 heteroatoms. The molecule has 2 aromatic heterocycles. The number of hydrogen-bond donors (Lipinski definition) is 1. The topological polar surface area (TPSA) is 125 Å². The van der Waals surface area contributed by atoms with Crippen LogP contribution < -0.4 is 5.73 Å². The lowest BCUT2D eigenvalue weighted by atomic mass is 9.70. The summed E-state index contributed by atoms with van der Waals surface area (Å²) in [4.78, 5) is 39.5. The quantitative estimate of drug-likeness (QED) is 0.511. The molecule has 0 unspecified atom stereocenters. The standard InChI is InChI=1S/C29H30N6O3S/c1-29(24-13-23(18-39-24)22-12-20(14-30)15-32-16-22)25(26(36)34(2)27(31)33-29)21-8-10-35(11-9-21)28(37)38-17-19-6-4-3-5-7-19/h3-7,12-13,15-16,18,21,25H,8-11,17H2,1-2H3,(H2,31,33)/t25-,29-/m1/s1. The molecule has 1 fully saturated rings. The number of nitrogens with zero attached hydrogens (tertiary/aromatic N) is 5. The minimum Gasteiger partial charge on any atom is -0.445 e. The van der Waals surface area contributed by atoms with Crippen molar-refractivity contribution >= 4 is 29.3 Å². The van der Waals surface area contributed by atoms with Crippen LogP contribution in [0.15, 0.2) is 65.2 Å². The smallest absolute Gasteiger partial charge is 0.410 e. The van der Waals surface area contributed by atoms with Crippen LogP contribution in [0.4, 0.5) is 4.79 Å². The van der Waals surface area contributed by atoms with Gasteiger partial charge in [0.2, 0.25) is 5.91 Å². The maximum absolute atomic E-state index is 13.7. The fourth-order valence-electron chi connectivity index (χ4n) is 5.45. The number of piperidine rings is 1. The number of pyridine rings is 1. The van der Waals surface area contributed by atoms with Crippen molar-refractivity contribution in [1.82, 2.24) is 14.8 Å². The van der Waals surface area contributed by atoms with Crippen LogP contribution in [-0.2, 0) is 21.7 Å². The summed E-state index contributed by atoms with van der Waals surface area (Å²) >= 11 is 1.52. The molecule has 2 aliphatic heterocycles. The maximum atomic E-state index is 13.7. The Morgan fingerprint density at radius 2 is 1.95 bits per heavy atom. The van der Waals surface area contributed by atoms with Gasteiger partial charge in [0.15, 0.2) is 5.96 Å². The van der Waals surface area contributed by atoms with Crippen LogP contribution in [0.3, 0.4) is 0 Å². The molecule has 1 aromatic carbocycles. The van der Waals surface area contributed by atoms with Gasteiger partial charge in [-0.05, 0) is 54.3 Å². The normalized spacial score (nSPS) is 21.8. The van der Waals surface area contributed by atoms with Crippen molar-refractivity contribution in [2.24, 2.45) is 22.6 Å². The van der Waals surface area contributed by atoms with Gasteiger partial charge >= 0.3 is 6.09 Å². The lowest BCUT2D eigenvalue weighted by molar-refractivity contribution is -0.137. The molecule has 0 saturated carbocycles. The van der Waals surface area contributed by atoms with Gasteiger partial charge in [-0.3, -0.25) is 14.7 Å². The largest absolute Gasteiger partial charge is 0.445 e. The van der Waals surface area contributed by atoms with Crippen molar-refractivity contribution in [3.05, 3.63) is 76.2 Å². The van der Waals surface area contributed by atoms with Gasteiger partial charge in [-0.2, -0.15) is 5.26 Å². The number of aliphatic imine (C=N–C) groups is 1. The van der Waals surface area contributed by atoms with Crippen LogP contribution in [0, 0.1) is 23.2 Å². The first kappa shape index (κ1) is 26.4. The van der Waals surface area contributed by atoms with Gasteiger partial charge in [-0.25, -0.2) is 9.79 Å². The maximum Gasteiger partial charge on any atom is 0.410 e. The molecule has 2 N–H and O–H groups in total. The zero-order chi connectivity index (χ0) is 27.6. The van der Waals surface area contributed by atoms with Crippen molar-refractivity contribution in [1.29, 1.82) is 5.26 Å². The molecule has 2 amide bonds. The Balaban J connectivity index is 1.34. The fraction of sp³-hybridized carbons (Fsp3) is 0.345. The van der Waals surface area contributed by atoms with E-state index in [1.54, 1.807) is 24.2 Å². The number of nitriles is 1. The first-order valence-electron chi connectivity index (χ1n) is 12.8. The van der Waals surface area contributed by atoms with Gasteiger partial charge < -0.3 is 15.4 Å². The van der Waals surface area contributed by atoms with Gasteiger partial charge in [-0.1, -0.05) is 30.3 Å². The molecule has 0 bridgehead atoms. The minimum absolute atomic E-state index is 0.00843. The SMILES string of the molecule is CN1C(=O)[C@@H](C2CCN(C(=O)OCc3ccccc3)CC2)[C@@](C)(c2cc(-c3cncc(C#N)c3)cs2)N=C1N. The third-order valence-electron chi connectivity index (χ3n) is 7.67. The van der Waals surface area contributed by atoms with Crippen molar-refractivity contribution < 1.29 is 14.3 Å². The van der Waals surface area contributed by atoms with Crippen LogP contribution in [0.25, 0.3) is 11.1 Å². The van der Waals surface area contributed by atoms with E-state index in [-0.39, 0.29) is 30.5 Å². The highest BCUT2D eigenvalue weighted by molar-refractivity contribution is 7.10. The minimum atomic E-state index is -0.864. The van der Waals surface area contributed by atoms with E-state index >= 15 is 0 Å². The lowest BCUT2D eigenvalue weighted by Crippen LogP contribution is -2.57. The van der Waals surface area contributed by atoms with E-state index in [0.29, 0.717) is 31.5 Å². The van der Waals surface area contributed by atoms with Crippen molar-refractivity contribution in [2.75, 3.05) is 20.1 Å². The first-order chi connectivity index (χ1) is 18.8. The average molecular weight is 543 g/mol. The second-order valence-corrected chi connectivity index (χ2v) is 11.0. The summed E-state index contributed by atoms with van der Waals surface area (Å²) in [7, 11) is 1.66. The number of amides is 2. The predicted octanol–water partition coefficient (Wildman–Crippen LogP) is 4.35. The Labute approximate surface area is 231 Å². The molecular weight excluding hydrogens is 512 g/mol. The molecule has 9 nitrogen and oxygen atoms in total. The van der Waals surface area contributed by atoms with E-state index < -0.39 is 11.5 Å². The molecule has 200 valence electrons. The molecule has 2 aliphatic rings. The number of carbonyl (C=O) groups is 2. The molecule has 0 aliphatic carbocycles. The summed E-state index contributed by atoms with van der Waals surface area (Å²) in [5.41, 5.74) is 8.51. The van der Waals surface area contributed by atoms with Crippen LogP contribution in [0.5, 0.6) is 0 Å². The molecule has 5 rings (SSSR count). The second-order valence-electron chi connectivity index (χ2n) is 10.1. The van der Waals surface area contributed by atoms with Crippen LogP contribution in [-0.4, -0.2) is 52.9 Å². The number of carbonyl (C=O) groups excluding carboxylic acids is 2. The summed E-state index contributed by atoms with van der Waals surface area (Å²) in [6.45, 7) is 3.20. The van der Waals surface area contributed by atoms with Gasteiger partial charge in [-0.15, -0.1) is 11.3 Å². The number of thiophene rings is 1. The van der Waals surface area contributed by atoms with Crippen molar-refractivity contribution in [3.8, 4) is 17.2 Å². The van der Waals surface area contributed by atoms with E-state index in [1.165, 1.54) is 22.4 Å². The molecule has 0 radical (unpaired) electrons. The highest BCUT2D eigenvalue weighted by Crippen LogP contribution is 2.47. The Kier molecular flexibility index (Phi) is 7.35. The Morgan fingerprint density at radius 1 is 1.21 bits per heavy atom. The monoisotopic (exact) mass is 542 g/mol. The number of benzene rings is 1. The molecular formula is C29H30N6O3S. The summed E-state index contributed by atoms with van der Waals surface area (Å²) in [6, 6.07) is 15.5. The number of likely N-dealkylation sites (tertiary alicyclic amines) is 1. The fourth-order valence-corrected chi connectivity index (χ4v) is 6.52. The van der Waals surface area contributed by atoms with Crippen LogP contribution in [0.2, 0.25) is 0 Å². The van der Waals surface area contributed by atoms with E-state index in [1.807, 2.05) is 48.7 Å². The van der Waals surface area contributed by atoms with E-state index in [9.17, 15) is 14.9 Å². The highest BCUT2D eigenvalue weighted by atomic mass is 32.1. The number of aromatic nitrogens is 1. The zero-order valence-electron chi connectivity index (χ0n) is 21.9. The molecule has 1 saturated heterocycles. The summed E-state index contributed by atoms with van der Waals surface area (Å²) in [5.74, 6) is -0.316. The Hall–Kier alpha value is -4.23. The van der Waals surface area contributed by atoms with Gasteiger partial charge in [0.05, 0.1) is 11.5 Å². The molecule has 39 heavy (non-hydrogen) atoms. The van der Waals surface area contributed by atoms with Gasteiger partial charge in [0.25, 0.3) is 0 Å². The molecule has 0 spiro atoms. The van der Waals surface area contributed by atoms with E-state index in [0.717, 1.165) is 21.6 Å². The summed E-state index contributed by atoms with van der Waals surface area (Å²) < 4.78 is 5.52. The van der Waals surface area contributed by atoms with Gasteiger partial charge in [0, 0.05) is 43.0 Å². The molecule has 2 atom stereocenters. The van der Waals surface area contributed by atoms with Crippen LogP contribution in [0.1, 0.15) is 35.8 Å². The molecule has 4 heterocycles. The number of rotatable bonds is 5. The second kappa shape index (κ2) is 10.9. The molecule has 3 aromatic rings. The number of guanidine groups is 1. The zero-order valence-corrected chi connectivity index (χ0v) is 22.7. The van der Waals surface area contributed by atoms with Crippen molar-refractivity contribution in [3.63, 3.8) is 0 Å². The Bertz CT molecular complexity index is 1440. The highest BCUT2D eigenvalue weighted by Gasteiger charge is 2.51. The summed E-state index contributed by atoms with van der Waals surface area (Å²) in [5, 5.41) is 11.3. The van der Waals surface area contributed by atoms with Gasteiger partial charge in [0.1, 0.15) is 18.2 Å². The van der Waals surface area contributed by atoms with Crippen LogP contribution >= 0.6 is 11.3 Å².